The molecule has 5 heteroatoms. The molecule has 1 aromatic carbocycles. The van der Waals surface area contributed by atoms with Crippen LogP contribution in [0.2, 0.25) is 0 Å². The molecule has 1 N–H and O–H groups in total. The summed E-state index contributed by atoms with van der Waals surface area (Å²) in [5.41, 5.74) is 3.51. The number of hydrogen-bond acceptors (Lipinski definition) is 4. The molecule has 0 aromatic heterocycles. The summed E-state index contributed by atoms with van der Waals surface area (Å²) < 4.78 is 16.4. The third-order valence-corrected chi connectivity index (χ3v) is 2.94. The normalized spacial score (nSPS) is 13.8. The Labute approximate surface area is 111 Å². The molecule has 0 spiro atoms. The maximum absolute atomic E-state index is 5.74. The summed E-state index contributed by atoms with van der Waals surface area (Å²) in [7, 11) is 1.89. The van der Waals surface area contributed by atoms with E-state index in [4.69, 9.17) is 25.8 Å². The van der Waals surface area contributed by atoms with Crippen LogP contribution in [0.3, 0.4) is 0 Å². The molecule has 0 unspecified atom stereocenters. The monoisotopic (exact) mass is 269 g/mol. The zero-order chi connectivity index (χ0) is 13.0. The summed E-state index contributed by atoms with van der Waals surface area (Å²) in [6.07, 6.45) is 0. The molecule has 1 aromatic rings. The largest absolute Gasteiger partial charge is 0.489 e. The minimum absolute atomic E-state index is 0.262. The minimum Gasteiger partial charge on any atom is -0.489 e. The van der Waals surface area contributed by atoms with Gasteiger partial charge in [-0.15, -0.1) is 0 Å². The molecule has 0 amide bonds. The summed E-state index contributed by atoms with van der Waals surface area (Å²) in [4.78, 5) is 0. The minimum atomic E-state index is 0.262. The number of halogens is 1. The zero-order valence-corrected chi connectivity index (χ0v) is 11.2. The topological polar surface area (TPSA) is 39.7 Å². The van der Waals surface area contributed by atoms with E-state index in [1.807, 2.05) is 26.1 Å². The van der Waals surface area contributed by atoms with Crippen molar-refractivity contribution in [2.24, 2.45) is 0 Å². The predicted octanol–water partition coefficient (Wildman–Crippen LogP) is 2.66. The first-order valence-electron chi connectivity index (χ1n) is 5.70. The van der Waals surface area contributed by atoms with Gasteiger partial charge in [-0.3, -0.25) is 0 Å². The molecule has 0 fully saturated rings. The van der Waals surface area contributed by atoms with E-state index < -0.39 is 0 Å². The van der Waals surface area contributed by atoms with Crippen molar-refractivity contribution in [1.29, 1.82) is 0 Å². The third kappa shape index (κ3) is 2.89. The third-order valence-electron chi connectivity index (χ3n) is 2.56. The number of ether oxygens (including phenoxy) is 3. The highest BCUT2D eigenvalue weighted by atomic mass is 35.5. The maximum Gasteiger partial charge on any atom is 0.231 e. The fraction of sp³-hybridized carbons (Fsp3) is 0.385. The Bertz CT molecular complexity index is 460. The predicted molar refractivity (Wildman–Crippen MR) is 70.4 cm³/mol. The van der Waals surface area contributed by atoms with Crippen LogP contribution in [0, 0.1) is 0 Å². The first-order valence-corrected chi connectivity index (χ1v) is 6.14. The van der Waals surface area contributed by atoms with Crippen LogP contribution in [0.5, 0.6) is 17.2 Å². The summed E-state index contributed by atoms with van der Waals surface area (Å²) in [6, 6.07) is 3.80. The smallest absolute Gasteiger partial charge is 0.231 e. The van der Waals surface area contributed by atoms with Gasteiger partial charge in [0.15, 0.2) is 11.5 Å². The van der Waals surface area contributed by atoms with E-state index in [1.54, 1.807) is 0 Å². The highest BCUT2D eigenvalue weighted by Crippen LogP contribution is 2.38. The van der Waals surface area contributed by atoms with Crippen molar-refractivity contribution < 1.29 is 14.2 Å². The van der Waals surface area contributed by atoms with E-state index in [2.05, 4.69) is 5.32 Å². The van der Waals surface area contributed by atoms with E-state index in [0.717, 1.165) is 28.4 Å². The second-order valence-corrected chi connectivity index (χ2v) is 4.31. The SMILES string of the molecule is CNCc1cc2c(cc1OC/C(C)=C/Cl)OCO2. The first kappa shape index (κ1) is 13.1. The molecular formula is C13H16ClNO3. The lowest BCUT2D eigenvalue weighted by Crippen LogP contribution is -2.08. The molecule has 0 saturated carbocycles. The second-order valence-electron chi connectivity index (χ2n) is 4.09. The second kappa shape index (κ2) is 5.98. The van der Waals surface area contributed by atoms with Crippen molar-refractivity contribution in [3.63, 3.8) is 0 Å². The van der Waals surface area contributed by atoms with Gasteiger partial charge < -0.3 is 19.5 Å². The molecule has 0 atom stereocenters. The van der Waals surface area contributed by atoms with Crippen LogP contribution in [0.4, 0.5) is 0 Å². The highest BCUT2D eigenvalue weighted by Gasteiger charge is 2.17. The Morgan fingerprint density at radius 3 is 2.83 bits per heavy atom. The van der Waals surface area contributed by atoms with Crippen LogP contribution in [0.15, 0.2) is 23.2 Å². The Morgan fingerprint density at radius 1 is 1.44 bits per heavy atom. The zero-order valence-electron chi connectivity index (χ0n) is 10.5. The van der Waals surface area contributed by atoms with Crippen molar-refractivity contribution >= 4 is 11.6 Å². The summed E-state index contributed by atoms with van der Waals surface area (Å²) in [6.45, 7) is 3.34. The molecule has 4 nitrogen and oxygen atoms in total. The molecule has 0 bridgehead atoms. The molecular weight excluding hydrogens is 254 g/mol. The Hall–Kier alpha value is -1.39. The number of hydrogen-bond donors (Lipinski definition) is 1. The number of rotatable bonds is 5. The highest BCUT2D eigenvalue weighted by molar-refractivity contribution is 6.25. The van der Waals surface area contributed by atoms with Crippen molar-refractivity contribution in [3.8, 4) is 17.2 Å². The molecule has 2 rings (SSSR count). The van der Waals surface area contributed by atoms with E-state index >= 15 is 0 Å². The van der Waals surface area contributed by atoms with Gasteiger partial charge in [0.1, 0.15) is 12.4 Å². The Kier molecular flexibility index (Phi) is 4.33. The summed E-state index contributed by atoms with van der Waals surface area (Å²) in [5, 5.41) is 3.10. The van der Waals surface area contributed by atoms with Crippen LogP contribution in [0.25, 0.3) is 0 Å². The molecule has 0 radical (unpaired) electrons. The van der Waals surface area contributed by atoms with Crippen molar-refractivity contribution in [2.75, 3.05) is 20.4 Å². The van der Waals surface area contributed by atoms with Crippen LogP contribution in [-0.4, -0.2) is 20.4 Å². The van der Waals surface area contributed by atoms with Crippen molar-refractivity contribution in [3.05, 3.63) is 28.8 Å². The van der Waals surface area contributed by atoms with E-state index in [1.165, 1.54) is 5.54 Å². The quantitative estimate of drug-likeness (QED) is 0.892. The summed E-state index contributed by atoms with van der Waals surface area (Å²) >= 11 is 5.61. The van der Waals surface area contributed by atoms with E-state index in [0.29, 0.717) is 13.2 Å². The van der Waals surface area contributed by atoms with Crippen LogP contribution < -0.4 is 19.5 Å². The molecule has 1 heterocycles. The fourth-order valence-electron chi connectivity index (χ4n) is 1.65. The lowest BCUT2D eigenvalue weighted by atomic mass is 10.1. The van der Waals surface area contributed by atoms with Crippen LogP contribution in [0.1, 0.15) is 12.5 Å². The number of fused-ring (bicyclic) bond motifs is 1. The van der Waals surface area contributed by atoms with Gasteiger partial charge in [-0.05, 0) is 25.6 Å². The molecule has 1 aliphatic rings. The van der Waals surface area contributed by atoms with E-state index in [9.17, 15) is 0 Å². The number of benzene rings is 1. The average Bonchev–Trinajstić information content (AvgIpc) is 2.83. The molecule has 1 aliphatic heterocycles. The van der Waals surface area contributed by atoms with Gasteiger partial charge >= 0.3 is 0 Å². The first-order chi connectivity index (χ1) is 8.74. The molecule has 18 heavy (non-hydrogen) atoms. The van der Waals surface area contributed by atoms with Gasteiger partial charge in [0.2, 0.25) is 6.79 Å². The van der Waals surface area contributed by atoms with Gasteiger partial charge in [-0.2, -0.15) is 0 Å². The molecule has 98 valence electrons. The fourth-order valence-corrected chi connectivity index (χ4v) is 1.71. The van der Waals surface area contributed by atoms with Gasteiger partial charge in [-0.1, -0.05) is 11.6 Å². The molecule has 0 saturated heterocycles. The maximum atomic E-state index is 5.74. The lowest BCUT2D eigenvalue weighted by Gasteiger charge is -2.12. The van der Waals surface area contributed by atoms with Crippen LogP contribution in [-0.2, 0) is 6.54 Å². The van der Waals surface area contributed by atoms with Crippen LogP contribution >= 0.6 is 11.6 Å². The number of nitrogens with one attached hydrogen (secondary N) is 1. The summed E-state index contributed by atoms with van der Waals surface area (Å²) in [5.74, 6) is 2.26. The van der Waals surface area contributed by atoms with E-state index in [-0.39, 0.29) is 6.79 Å². The van der Waals surface area contributed by atoms with Gasteiger partial charge in [-0.25, -0.2) is 0 Å². The average molecular weight is 270 g/mol. The Balaban J connectivity index is 2.21. The van der Waals surface area contributed by atoms with Gasteiger partial charge in [0, 0.05) is 23.7 Å². The lowest BCUT2D eigenvalue weighted by molar-refractivity contribution is 0.174. The van der Waals surface area contributed by atoms with Crippen molar-refractivity contribution in [1.82, 2.24) is 5.32 Å². The van der Waals surface area contributed by atoms with Gasteiger partial charge in [0.25, 0.3) is 0 Å². The Morgan fingerprint density at radius 2 is 2.17 bits per heavy atom. The standard InChI is InChI=1S/C13H16ClNO3/c1-9(5-14)7-16-11-4-13-12(17-8-18-13)3-10(11)6-15-2/h3-5,15H,6-8H2,1-2H3/b9-5+. The molecule has 0 aliphatic carbocycles. The van der Waals surface area contributed by atoms with Crippen molar-refractivity contribution in [2.45, 2.75) is 13.5 Å². The van der Waals surface area contributed by atoms with Gasteiger partial charge in [0.05, 0.1) is 0 Å².